The first-order valence-corrected chi connectivity index (χ1v) is 50.4. The van der Waals surface area contributed by atoms with E-state index >= 15 is 0 Å². The van der Waals surface area contributed by atoms with Crippen molar-refractivity contribution in [3.05, 3.63) is 40.9 Å². The fourth-order valence-corrected chi connectivity index (χ4v) is 16.1. The van der Waals surface area contributed by atoms with Gasteiger partial charge in [0, 0.05) is 46.4 Å². The van der Waals surface area contributed by atoms with Crippen molar-refractivity contribution < 1.29 is 38.1 Å². The van der Waals surface area contributed by atoms with Gasteiger partial charge >= 0.3 is 23.9 Å². The van der Waals surface area contributed by atoms with E-state index in [4.69, 9.17) is 18.9 Å². The molecular weight excluding hydrogens is 1480 g/mol. The molecule has 0 saturated heterocycles. The van der Waals surface area contributed by atoms with Crippen LogP contribution in [-0.4, -0.2) is 126 Å². The van der Waals surface area contributed by atoms with Gasteiger partial charge in [0.05, 0.1) is 25.7 Å². The topological polar surface area (TPSA) is 228 Å². The summed E-state index contributed by atoms with van der Waals surface area (Å²) >= 11 is 0. The number of unbranched alkanes of at least 4 members (excludes halogenated alkanes) is 48. The molecule has 18 heteroatoms. The lowest BCUT2D eigenvalue weighted by atomic mass is 9.94. The number of esters is 4. The maximum atomic E-state index is 13.1. The minimum absolute atomic E-state index is 0.00265. The minimum atomic E-state index is -0.439. The monoisotopic (exact) mass is 1660 g/mol. The molecule has 0 spiro atoms. The fraction of sp³-hybridized carbons (Fsp3) is 0.880. The molecule has 0 saturated carbocycles. The maximum absolute atomic E-state index is 13.1. The Hall–Kier alpha value is -4.84. The molecule has 4 N–H and O–H groups in total. The number of hydrogen-bond acceptors (Lipinski definition) is 18. The van der Waals surface area contributed by atoms with Crippen LogP contribution in [0.15, 0.2) is 19.2 Å². The van der Waals surface area contributed by atoms with E-state index in [1.807, 2.05) is 0 Å². The largest absolute Gasteiger partial charge is 0.466 e. The molecule has 2 rings (SSSR count). The number of rotatable bonds is 90. The Balaban J connectivity index is 0.00000118. The highest BCUT2D eigenvalue weighted by molar-refractivity contribution is 5.75. The summed E-state index contributed by atoms with van der Waals surface area (Å²) in [6, 6.07) is 0. The Bertz CT molecular complexity index is 2660. The highest BCUT2D eigenvalue weighted by Crippen LogP contribution is 2.24. The van der Waals surface area contributed by atoms with E-state index in [1.165, 1.54) is 205 Å². The molecule has 0 aliphatic heterocycles. The molecule has 2 aromatic carbocycles. The van der Waals surface area contributed by atoms with Crippen molar-refractivity contribution >= 4 is 46.6 Å². The van der Waals surface area contributed by atoms with Crippen molar-refractivity contribution in [3.63, 3.8) is 0 Å². The summed E-state index contributed by atoms with van der Waals surface area (Å²) in [4.78, 5) is 103. The van der Waals surface area contributed by atoms with Crippen LogP contribution in [0.4, 0.5) is 22.7 Å². The molecule has 0 aliphatic rings. The molecule has 0 radical (unpaired) electrons. The minimum Gasteiger partial charge on any atom is -0.466 e. The molecule has 0 amide bonds. The van der Waals surface area contributed by atoms with Crippen LogP contribution in [0.1, 0.15) is 472 Å². The Morgan fingerprint density at radius 2 is 0.500 bits per heavy atom. The Kier molecular flexibility index (Phi) is 78.3. The van der Waals surface area contributed by atoms with E-state index in [9.17, 15) is 38.4 Å². The van der Waals surface area contributed by atoms with E-state index in [1.54, 1.807) is 14.1 Å². The van der Waals surface area contributed by atoms with Crippen molar-refractivity contribution in [1.29, 1.82) is 0 Å². The van der Waals surface area contributed by atoms with Crippen LogP contribution < -0.4 is 43.0 Å². The fourth-order valence-electron chi connectivity index (χ4n) is 16.1. The van der Waals surface area contributed by atoms with Crippen LogP contribution in [0.25, 0.3) is 0 Å². The second kappa shape index (κ2) is 83.1. The average Bonchev–Trinajstić information content (AvgIpc) is 0.795. The van der Waals surface area contributed by atoms with E-state index in [0.717, 1.165) is 245 Å². The smallest absolute Gasteiger partial charge is 0.308 e. The number of carbonyl (C=O) groups is 4. The number of nitrogens with one attached hydrogen (secondary N) is 4. The van der Waals surface area contributed by atoms with Crippen LogP contribution in [-0.2, 0) is 38.1 Å². The van der Waals surface area contributed by atoms with Gasteiger partial charge in [-0.15, -0.1) is 0 Å². The van der Waals surface area contributed by atoms with Gasteiger partial charge in [-0.05, 0) is 155 Å². The number of carbonyl (C=O) groups excluding carboxylic acids is 4. The van der Waals surface area contributed by atoms with E-state index < -0.39 is 21.7 Å². The number of nitrogens with zero attached hydrogens (tertiary/aromatic N) is 2. The van der Waals surface area contributed by atoms with Gasteiger partial charge in [0.25, 0.3) is 21.7 Å². The first-order valence-electron chi connectivity index (χ1n) is 50.4. The second-order valence-electron chi connectivity index (χ2n) is 34.8. The molecule has 0 atom stereocenters. The van der Waals surface area contributed by atoms with Gasteiger partial charge in [-0.3, -0.25) is 38.4 Å². The van der Waals surface area contributed by atoms with E-state index in [2.05, 4.69) is 72.6 Å². The highest BCUT2D eigenvalue weighted by Gasteiger charge is 2.23. The van der Waals surface area contributed by atoms with E-state index in [-0.39, 0.29) is 35.9 Å². The second-order valence-corrected chi connectivity index (χ2v) is 34.8. The zero-order valence-electron chi connectivity index (χ0n) is 78.1. The summed E-state index contributed by atoms with van der Waals surface area (Å²) in [5, 5.41) is 12.0. The summed E-state index contributed by atoms with van der Waals surface area (Å²) in [6.07, 6.45) is 76.4. The molecular formula is C100H186N6O12. The zero-order chi connectivity index (χ0) is 86.0. The van der Waals surface area contributed by atoms with Crippen molar-refractivity contribution in [2.45, 2.75) is 478 Å². The van der Waals surface area contributed by atoms with Crippen molar-refractivity contribution in [3.8, 4) is 0 Å². The zero-order valence-corrected chi connectivity index (χ0v) is 78.1. The summed E-state index contributed by atoms with van der Waals surface area (Å²) in [5.41, 5.74) is -0.108. The predicted octanol–water partition coefficient (Wildman–Crippen LogP) is 25.5. The lowest BCUT2D eigenvalue weighted by Crippen LogP contribution is -2.37. The molecule has 118 heavy (non-hydrogen) atoms. The molecule has 688 valence electrons. The van der Waals surface area contributed by atoms with Gasteiger partial charge in [0.15, 0.2) is 0 Å². The molecule has 0 aromatic heterocycles. The summed E-state index contributed by atoms with van der Waals surface area (Å²) in [7, 11) is 3.34. The third kappa shape index (κ3) is 63.1. The quantitative estimate of drug-likeness (QED) is 0.0209. The lowest BCUT2D eigenvalue weighted by molar-refractivity contribution is -0.150. The number of ether oxygens (including phenoxy) is 4. The van der Waals surface area contributed by atoms with Crippen molar-refractivity contribution in [1.82, 2.24) is 9.80 Å². The standard InChI is InChI=1S/2C50H93N3O6/c1-5-8-11-14-17-25-32-42-58-45(54)37-29-22-18-23-30-39-53(41-34-38-52-47-46(51-4)48(55)49(47)56)40-31-24-19-26-33-43-59-50(57)44(35-27-20-15-12-9-6-2)36-28-21-16-13-10-7-3;1-5-8-11-14-17-22-29-37-45(54)58-43-33-26-19-25-32-41-53(42-34-39-52-48-47(51-4)49(56)50(48)57)40-31-24-18-23-30-38-46(55)59-44(35-27-20-15-12-9-6-2)36-28-21-16-13-10-7-3/h2*44,51-52H,5-43H2,1-4H3. The summed E-state index contributed by atoms with van der Waals surface area (Å²) < 4.78 is 22.8. The van der Waals surface area contributed by atoms with Crippen LogP contribution in [0.5, 0.6) is 0 Å². The van der Waals surface area contributed by atoms with Crippen molar-refractivity contribution in [2.24, 2.45) is 5.92 Å². The summed E-state index contributed by atoms with van der Waals surface area (Å²) in [6.45, 7) is 22.5. The molecule has 0 unspecified atom stereocenters. The molecule has 0 fully saturated rings. The van der Waals surface area contributed by atoms with Crippen LogP contribution >= 0.6 is 0 Å². The Labute approximate surface area is 722 Å². The van der Waals surface area contributed by atoms with Gasteiger partial charge < -0.3 is 50.0 Å². The molecule has 0 aliphatic carbocycles. The highest BCUT2D eigenvalue weighted by atomic mass is 16.5. The normalized spacial score (nSPS) is 11.6. The lowest BCUT2D eigenvalue weighted by Gasteiger charge is -2.23. The first-order chi connectivity index (χ1) is 57.8. The van der Waals surface area contributed by atoms with Gasteiger partial charge in [-0.1, -0.05) is 337 Å². The molecule has 18 nitrogen and oxygen atoms in total. The molecule has 0 bridgehead atoms. The van der Waals surface area contributed by atoms with Gasteiger partial charge in [-0.2, -0.15) is 0 Å². The number of anilines is 4. The van der Waals surface area contributed by atoms with Gasteiger partial charge in [0.1, 0.15) is 28.9 Å². The third-order valence-corrected chi connectivity index (χ3v) is 23.9. The molecule has 2 aromatic rings. The molecule has 0 heterocycles. The van der Waals surface area contributed by atoms with Gasteiger partial charge in [-0.25, -0.2) is 0 Å². The maximum Gasteiger partial charge on any atom is 0.308 e. The van der Waals surface area contributed by atoms with Gasteiger partial charge in [0.2, 0.25) is 0 Å². The van der Waals surface area contributed by atoms with Crippen LogP contribution in [0.3, 0.4) is 0 Å². The predicted molar refractivity (Wildman–Crippen MR) is 501 cm³/mol. The van der Waals surface area contributed by atoms with Crippen molar-refractivity contribution in [2.75, 3.05) is 108 Å². The summed E-state index contributed by atoms with van der Waals surface area (Å²) in [5.74, 6) is 0.0195. The first kappa shape index (κ1) is 111. The van der Waals surface area contributed by atoms with E-state index in [0.29, 0.717) is 74.9 Å². The Morgan fingerprint density at radius 1 is 0.263 bits per heavy atom. The number of hydrogen-bond donors (Lipinski definition) is 4. The third-order valence-electron chi connectivity index (χ3n) is 23.9. The SMILES string of the molecule is CCCCCCCCCC(=O)OCCCCCCCN(CCCCCCCC(=O)OC(CCCCCCCC)CCCCCCCC)CCCNc1c(NC)c(=O)c1=O.CCCCCCCCCOC(=O)CCCCCCCN(CCCCCCCOC(=O)C(CCCCCCCC)CCCCCCCC)CCCNc1c(NC)c(=O)c1=O. The Morgan fingerprint density at radius 3 is 0.805 bits per heavy atom. The average molecular weight is 1660 g/mol. The van der Waals surface area contributed by atoms with Crippen LogP contribution in [0, 0.1) is 5.92 Å². The van der Waals surface area contributed by atoms with Crippen LogP contribution in [0.2, 0.25) is 0 Å².